The number of piperidine rings is 1. The van der Waals surface area contributed by atoms with Crippen molar-refractivity contribution in [2.75, 3.05) is 18.8 Å². The van der Waals surface area contributed by atoms with E-state index in [2.05, 4.69) is 5.32 Å². The van der Waals surface area contributed by atoms with Crippen molar-refractivity contribution in [1.29, 1.82) is 0 Å². The first-order chi connectivity index (χ1) is 8.09. The summed E-state index contributed by atoms with van der Waals surface area (Å²) in [5.41, 5.74) is 0.844. The molecule has 94 valence electrons. The van der Waals surface area contributed by atoms with Gasteiger partial charge in [-0.2, -0.15) is 0 Å². The monoisotopic (exact) mass is 253 g/mol. The maximum Gasteiger partial charge on any atom is 0.178 e. The third kappa shape index (κ3) is 3.07. The van der Waals surface area contributed by atoms with Crippen LogP contribution in [0, 0.1) is 12.8 Å². The Morgan fingerprint density at radius 1 is 1.35 bits per heavy atom. The van der Waals surface area contributed by atoms with Crippen LogP contribution in [-0.2, 0) is 9.84 Å². The lowest BCUT2D eigenvalue weighted by molar-refractivity contribution is 0.404. The van der Waals surface area contributed by atoms with E-state index in [0.717, 1.165) is 31.5 Å². The second-order valence-corrected chi connectivity index (χ2v) is 6.76. The Morgan fingerprint density at radius 3 is 2.76 bits per heavy atom. The average molecular weight is 253 g/mol. The second-order valence-electron chi connectivity index (χ2n) is 4.76. The van der Waals surface area contributed by atoms with Crippen molar-refractivity contribution in [2.24, 2.45) is 5.92 Å². The van der Waals surface area contributed by atoms with Crippen LogP contribution in [-0.4, -0.2) is 27.3 Å². The number of benzene rings is 1. The number of nitrogens with one attached hydrogen (secondary N) is 1. The molecule has 1 atom stereocenters. The minimum atomic E-state index is -3.13. The van der Waals surface area contributed by atoms with E-state index in [0.29, 0.717) is 4.90 Å². The van der Waals surface area contributed by atoms with E-state index in [1.807, 2.05) is 19.1 Å². The molecule has 1 fully saturated rings. The highest BCUT2D eigenvalue weighted by molar-refractivity contribution is 7.91. The molecule has 1 heterocycles. The first-order valence-electron chi connectivity index (χ1n) is 6.09. The Balaban J connectivity index is 2.16. The summed E-state index contributed by atoms with van der Waals surface area (Å²) in [5.74, 6) is 0.526. The van der Waals surface area contributed by atoms with E-state index in [-0.39, 0.29) is 11.7 Å². The Hall–Kier alpha value is -0.870. The zero-order valence-corrected chi connectivity index (χ0v) is 11.0. The summed E-state index contributed by atoms with van der Waals surface area (Å²) in [5, 5.41) is 3.26. The Bertz CT molecular complexity index is 476. The minimum Gasteiger partial charge on any atom is -0.316 e. The van der Waals surface area contributed by atoms with E-state index < -0.39 is 9.84 Å². The molecule has 0 aliphatic carbocycles. The van der Waals surface area contributed by atoms with Crippen LogP contribution in [0.1, 0.15) is 18.4 Å². The standard InChI is InChI=1S/C13H19NO2S/c1-11-5-2-3-7-13(11)17(15,16)10-12-6-4-8-14-9-12/h2-3,5,7,12,14H,4,6,8-10H2,1H3. The van der Waals surface area contributed by atoms with Crippen LogP contribution in [0.25, 0.3) is 0 Å². The second kappa shape index (κ2) is 5.19. The van der Waals surface area contributed by atoms with Crippen molar-refractivity contribution in [2.45, 2.75) is 24.7 Å². The van der Waals surface area contributed by atoms with Crippen LogP contribution in [0.2, 0.25) is 0 Å². The molecule has 2 rings (SSSR count). The van der Waals surface area contributed by atoms with Gasteiger partial charge in [0.1, 0.15) is 0 Å². The molecule has 3 nitrogen and oxygen atoms in total. The maximum absolute atomic E-state index is 12.3. The molecule has 17 heavy (non-hydrogen) atoms. The fourth-order valence-corrected chi connectivity index (χ4v) is 4.30. The molecule has 0 bridgehead atoms. The van der Waals surface area contributed by atoms with Gasteiger partial charge in [-0.05, 0) is 50.4 Å². The van der Waals surface area contributed by atoms with Crippen LogP contribution >= 0.6 is 0 Å². The van der Waals surface area contributed by atoms with E-state index in [9.17, 15) is 8.42 Å². The summed E-state index contributed by atoms with van der Waals surface area (Å²) in [6.07, 6.45) is 2.09. The summed E-state index contributed by atoms with van der Waals surface area (Å²) in [6, 6.07) is 7.22. The summed E-state index contributed by atoms with van der Waals surface area (Å²) < 4.78 is 24.6. The molecule has 0 amide bonds. The Morgan fingerprint density at radius 2 is 2.12 bits per heavy atom. The van der Waals surface area contributed by atoms with Crippen molar-refractivity contribution in [3.8, 4) is 0 Å². The van der Waals surface area contributed by atoms with Gasteiger partial charge in [-0.25, -0.2) is 8.42 Å². The lowest BCUT2D eigenvalue weighted by atomic mass is 10.0. The molecule has 1 aromatic carbocycles. The first kappa shape index (κ1) is 12.6. The smallest absolute Gasteiger partial charge is 0.178 e. The quantitative estimate of drug-likeness (QED) is 0.893. The maximum atomic E-state index is 12.3. The summed E-state index contributed by atoms with van der Waals surface area (Å²) >= 11 is 0. The molecule has 1 aliphatic heterocycles. The molecule has 1 unspecified atom stereocenters. The Kier molecular flexibility index (Phi) is 3.84. The van der Waals surface area contributed by atoms with Crippen molar-refractivity contribution in [1.82, 2.24) is 5.32 Å². The third-order valence-electron chi connectivity index (χ3n) is 3.28. The van der Waals surface area contributed by atoms with E-state index in [1.54, 1.807) is 12.1 Å². The van der Waals surface area contributed by atoms with Crippen LogP contribution in [0.15, 0.2) is 29.2 Å². The molecule has 1 aliphatic rings. The topological polar surface area (TPSA) is 46.2 Å². The number of aryl methyl sites for hydroxylation is 1. The highest BCUT2D eigenvalue weighted by Gasteiger charge is 2.23. The highest BCUT2D eigenvalue weighted by Crippen LogP contribution is 2.21. The number of hydrogen-bond acceptors (Lipinski definition) is 3. The molecule has 4 heteroatoms. The molecule has 0 spiro atoms. The average Bonchev–Trinajstić information content (AvgIpc) is 2.30. The molecular formula is C13H19NO2S. The highest BCUT2D eigenvalue weighted by atomic mass is 32.2. The molecule has 0 aromatic heterocycles. The van der Waals surface area contributed by atoms with E-state index in [4.69, 9.17) is 0 Å². The van der Waals surface area contributed by atoms with Gasteiger partial charge in [0.25, 0.3) is 0 Å². The molecule has 1 aromatic rings. The molecule has 0 saturated carbocycles. The number of hydrogen-bond donors (Lipinski definition) is 1. The largest absolute Gasteiger partial charge is 0.316 e. The first-order valence-corrected chi connectivity index (χ1v) is 7.74. The molecule has 1 N–H and O–H groups in total. The van der Waals surface area contributed by atoms with Crippen molar-refractivity contribution in [3.63, 3.8) is 0 Å². The normalized spacial score (nSPS) is 21.4. The van der Waals surface area contributed by atoms with Gasteiger partial charge in [0.15, 0.2) is 9.84 Å². The van der Waals surface area contributed by atoms with Gasteiger partial charge in [0.05, 0.1) is 10.6 Å². The summed E-state index contributed by atoms with van der Waals surface area (Å²) in [4.78, 5) is 0.491. The van der Waals surface area contributed by atoms with Gasteiger partial charge < -0.3 is 5.32 Å². The number of rotatable bonds is 3. The fraction of sp³-hybridized carbons (Fsp3) is 0.538. The van der Waals surface area contributed by atoms with Gasteiger partial charge in [0, 0.05) is 0 Å². The van der Waals surface area contributed by atoms with Gasteiger partial charge in [-0.3, -0.25) is 0 Å². The van der Waals surface area contributed by atoms with Crippen molar-refractivity contribution < 1.29 is 8.42 Å². The lowest BCUT2D eigenvalue weighted by Crippen LogP contribution is -2.33. The summed E-state index contributed by atoms with van der Waals surface area (Å²) in [6.45, 7) is 3.69. The minimum absolute atomic E-state index is 0.258. The number of sulfone groups is 1. The van der Waals surface area contributed by atoms with Crippen LogP contribution in [0.4, 0.5) is 0 Å². The lowest BCUT2D eigenvalue weighted by Gasteiger charge is -2.22. The Labute approximate surface area is 103 Å². The van der Waals surface area contributed by atoms with Crippen LogP contribution in [0.5, 0.6) is 0 Å². The van der Waals surface area contributed by atoms with Crippen LogP contribution < -0.4 is 5.32 Å². The zero-order valence-electron chi connectivity index (χ0n) is 10.1. The fourth-order valence-electron chi connectivity index (χ4n) is 2.37. The molecule has 0 radical (unpaired) electrons. The zero-order chi connectivity index (χ0) is 12.3. The van der Waals surface area contributed by atoms with Crippen molar-refractivity contribution in [3.05, 3.63) is 29.8 Å². The van der Waals surface area contributed by atoms with Gasteiger partial charge in [0.2, 0.25) is 0 Å². The van der Waals surface area contributed by atoms with Gasteiger partial charge >= 0.3 is 0 Å². The SMILES string of the molecule is Cc1ccccc1S(=O)(=O)CC1CCCNC1. The van der Waals surface area contributed by atoms with Crippen LogP contribution in [0.3, 0.4) is 0 Å². The van der Waals surface area contributed by atoms with Crippen molar-refractivity contribution >= 4 is 9.84 Å². The molecule has 1 saturated heterocycles. The molecular weight excluding hydrogens is 234 g/mol. The predicted molar refractivity (Wildman–Crippen MR) is 68.8 cm³/mol. The predicted octanol–water partition coefficient (Wildman–Crippen LogP) is 1.77. The van der Waals surface area contributed by atoms with Gasteiger partial charge in [-0.15, -0.1) is 0 Å². The van der Waals surface area contributed by atoms with E-state index >= 15 is 0 Å². The summed E-state index contributed by atoms with van der Waals surface area (Å²) in [7, 11) is -3.13. The van der Waals surface area contributed by atoms with E-state index in [1.165, 1.54) is 0 Å². The van der Waals surface area contributed by atoms with Gasteiger partial charge in [-0.1, -0.05) is 18.2 Å². The third-order valence-corrected chi connectivity index (χ3v) is 5.32.